The van der Waals surface area contributed by atoms with Crippen molar-refractivity contribution in [3.63, 3.8) is 0 Å². The van der Waals surface area contributed by atoms with Gasteiger partial charge in [-0.2, -0.15) is 0 Å². The lowest BCUT2D eigenvalue weighted by Crippen LogP contribution is -2.38. The highest BCUT2D eigenvalue weighted by Crippen LogP contribution is 2.31. The molecule has 0 atom stereocenters. The largest absolute Gasteiger partial charge is 0.390 e. The number of hydrogen-bond donors (Lipinski definition) is 2. The summed E-state index contributed by atoms with van der Waals surface area (Å²) < 4.78 is 0. The molecule has 0 unspecified atom stereocenters. The van der Waals surface area contributed by atoms with Gasteiger partial charge in [0, 0.05) is 6.04 Å². The van der Waals surface area contributed by atoms with E-state index in [9.17, 15) is 5.11 Å². The van der Waals surface area contributed by atoms with Crippen molar-refractivity contribution in [2.24, 2.45) is 5.73 Å². The minimum absolute atomic E-state index is 0.314. The summed E-state index contributed by atoms with van der Waals surface area (Å²) in [5.41, 5.74) is 5.31. The van der Waals surface area contributed by atoms with Crippen LogP contribution in [0.3, 0.4) is 0 Å². The van der Waals surface area contributed by atoms with Crippen molar-refractivity contribution in [3.8, 4) is 0 Å². The monoisotopic (exact) mass is 169 g/mol. The van der Waals surface area contributed by atoms with Gasteiger partial charge in [-0.05, 0) is 38.5 Å². The lowest BCUT2D eigenvalue weighted by molar-refractivity contribution is -0.00691. The zero-order valence-electron chi connectivity index (χ0n) is 7.63. The van der Waals surface area contributed by atoms with Crippen LogP contribution in [0.2, 0.25) is 0 Å². The molecule has 0 aromatic heterocycles. The van der Waals surface area contributed by atoms with Crippen molar-refractivity contribution in [1.82, 2.24) is 0 Å². The maximum Gasteiger partial charge on any atom is 0.0652 e. The van der Waals surface area contributed by atoms with E-state index in [1.54, 1.807) is 0 Å². The highest BCUT2D eigenvalue weighted by molar-refractivity contribution is 4.88. The molecule has 0 amide bonds. The minimum Gasteiger partial charge on any atom is -0.390 e. The fraction of sp³-hybridized carbons (Fsp3) is 0.800. The van der Waals surface area contributed by atoms with Crippen LogP contribution in [0.25, 0.3) is 0 Å². The number of aliphatic hydroxyl groups is 1. The van der Waals surface area contributed by atoms with Crippen LogP contribution in [0.1, 0.15) is 38.5 Å². The second-order valence-electron chi connectivity index (χ2n) is 3.89. The first-order valence-electron chi connectivity index (χ1n) is 4.75. The summed E-state index contributed by atoms with van der Waals surface area (Å²) in [5.74, 6) is 0. The van der Waals surface area contributed by atoms with E-state index in [4.69, 9.17) is 5.73 Å². The van der Waals surface area contributed by atoms with Crippen molar-refractivity contribution >= 4 is 0 Å². The second-order valence-corrected chi connectivity index (χ2v) is 3.89. The van der Waals surface area contributed by atoms with Crippen LogP contribution in [0, 0.1) is 0 Å². The summed E-state index contributed by atoms with van der Waals surface area (Å²) in [4.78, 5) is 0. The minimum atomic E-state index is -0.440. The zero-order valence-corrected chi connectivity index (χ0v) is 7.63. The average molecular weight is 169 g/mol. The fourth-order valence-corrected chi connectivity index (χ4v) is 1.80. The van der Waals surface area contributed by atoms with E-state index in [-0.39, 0.29) is 0 Å². The molecular weight excluding hydrogens is 150 g/mol. The highest BCUT2D eigenvalue weighted by atomic mass is 16.3. The standard InChI is InChI=1S/C10H19NO/c1-2-3-6-10(12)7-4-9(11)5-8-10/h2,9,12H,1,3-8,11H2. The number of hydrogen-bond acceptors (Lipinski definition) is 2. The van der Waals surface area contributed by atoms with Crippen LogP contribution in [-0.4, -0.2) is 16.7 Å². The Morgan fingerprint density at radius 1 is 1.50 bits per heavy atom. The summed E-state index contributed by atoms with van der Waals surface area (Å²) in [6, 6.07) is 0.314. The normalized spacial score (nSPS) is 36.3. The Morgan fingerprint density at radius 3 is 2.58 bits per heavy atom. The highest BCUT2D eigenvalue weighted by Gasteiger charge is 2.30. The van der Waals surface area contributed by atoms with E-state index in [0.717, 1.165) is 38.5 Å². The molecule has 1 fully saturated rings. The molecule has 0 heterocycles. The second kappa shape index (κ2) is 4.06. The summed E-state index contributed by atoms with van der Waals surface area (Å²) in [7, 11) is 0. The summed E-state index contributed by atoms with van der Waals surface area (Å²) in [5, 5.41) is 10.0. The predicted octanol–water partition coefficient (Wildman–Crippen LogP) is 1.58. The van der Waals surface area contributed by atoms with Gasteiger partial charge < -0.3 is 10.8 Å². The van der Waals surface area contributed by atoms with Gasteiger partial charge in [0.1, 0.15) is 0 Å². The van der Waals surface area contributed by atoms with Gasteiger partial charge in [0.15, 0.2) is 0 Å². The van der Waals surface area contributed by atoms with Crippen LogP contribution in [0.4, 0.5) is 0 Å². The van der Waals surface area contributed by atoms with Crippen molar-refractivity contribution in [3.05, 3.63) is 12.7 Å². The predicted molar refractivity (Wildman–Crippen MR) is 50.8 cm³/mol. The Bertz CT molecular complexity index is 148. The van der Waals surface area contributed by atoms with E-state index in [0.29, 0.717) is 6.04 Å². The van der Waals surface area contributed by atoms with Gasteiger partial charge in [-0.3, -0.25) is 0 Å². The van der Waals surface area contributed by atoms with E-state index >= 15 is 0 Å². The maximum atomic E-state index is 10.0. The molecule has 1 rings (SSSR count). The quantitative estimate of drug-likeness (QED) is 0.630. The fourth-order valence-electron chi connectivity index (χ4n) is 1.80. The Morgan fingerprint density at radius 2 is 2.08 bits per heavy atom. The molecule has 0 aromatic rings. The Kier molecular flexibility index (Phi) is 3.29. The van der Waals surface area contributed by atoms with Crippen LogP contribution in [0.15, 0.2) is 12.7 Å². The van der Waals surface area contributed by atoms with Crippen molar-refractivity contribution in [1.29, 1.82) is 0 Å². The van der Waals surface area contributed by atoms with Crippen LogP contribution in [-0.2, 0) is 0 Å². The van der Waals surface area contributed by atoms with E-state index in [1.165, 1.54) is 0 Å². The van der Waals surface area contributed by atoms with Crippen molar-refractivity contribution in [2.45, 2.75) is 50.2 Å². The smallest absolute Gasteiger partial charge is 0.0652 e. The SMILES string of the molecule is C=CCCC1(O)CCC(N)CC1. The summed E-state index contributed by atoms with van der Waals surface area (Å²) in [6.45, 7) is 3.66. The third-order valence-electron chi connectivity index (χ3n) is 2.77. The third kappa shape index (κ3) is 2.61. The van der Waals surface area contributed by atoms with Crippen LogP contribution in [0.5, 0.6) is 0 Å². The molecular formula is C10H19NO. The van der Waals surface area contributed by atoms with E-state index < -0.39 is 5.60 Å². The average Bonchev–Trinajstić information content (AvgIpc) is 2.08. The lowest BCUT2D eigenvalue weighted by atomic mass is 9.80. The number of rotatable bonds is 3. The Balaban J connectivity index is 2.33. The van der Waals surface area contributed by atoms with Gasteiger partial charge >= 0.3 is 0 Å². The van der Waals surface area contributed by atoms with E-state index in [2.05, 4.69) is 6.58 Å². The van der Waals surface area contributed by atoms with Crippen molar-refractivity contribution < 1.29 is 5.11 Å². The first-order valence-corrected chi connectivity index (χ1v) is 4.75. The van der Waals surface area contributed by atoms with Gasteiger partial charge in [0.2, 0.25) is 0 Å². The lowest BCUT2D eigenvalue weighted by Gasteiger charge is -2.34. The molecule has 0 aromatic carbocycles. The molecule has 2 nitrogen and oxygen atoms in total. The summed E-state index contributed by atoms with van der Waals surface area (Å²) in [6.07, 6.45) is 7.28. The van der Waals surface area contributed by atoms with Gasteiger partial charge in [-0.25, -0.2) is 0 Å². The zero-order chi connectivity index (χ0) is 9.03. The maximum absolute atomic E-state index is 10.0. The molecule has 0 bridgehead atoms. The molecule has 3 N–H and O–H groups in total. The van der Waals surface area contributed by atoms with Gasteiger partial charge in [-0.1, -0.05) is 6.08 Å². The molecule has 0 radical (unpaired) electrons. The van der Waals surface area contributed by atoms with Gasteiger partial charge in [0.05, 0.1) is 5.60 Å². The number of allylic oxidation sites excluding steroid dienone is 1. The van der Waals surface area contributed by atoms with Crippen LogP contribution >= 0.6 is 0 Å². The molecule has 0 saturated heterocycles. The third-order valence-corrected chi connectivity index (χ3v) is 2.77. The Labute approximate surface area is 74.5 Å². The molecule has 70 valence electrons. The topological polar surface area (TPSA) is 46.2 Å². The molecule has 0 spiro atoms. The first-order chi connectivity index (χ1) is 5.66. The van der Waals surface area contributed by atoms with Gasteiger partial charge in [-0.15, -0.1) is 6.58 Å². The van der Waals surface area contributed by atoms with Crippen molar-refractivity contribution in [2.75, 3.05) is 0 Å². The van der Waals surface area contributed by atoms with Gasteiger partial charge in [0.25, 0.3) is 0 Å². The summed E-state index contributed by atoms with van der Waals surface area (Å²) >= 11 is 0. The number of nitrogens with two attached hydrogens (primary N) is 1. The molecule has 1 saturated carbocycles. The van der Waals surface area contributed by atoms with E-state index in [1.807, 2.05) is 6.08 Å². The molecule has 1 aliphatic carbocycles. The van der Waals surface area contributed by atoms with Crippen LogP contribution < -0.4 is 5.73 Å². The molecule has 0 aliphatic heterocycles. The Hall–Kier alpha value is -0.340. The molecule has 1 aliphatic rings. The first kappa shape index (κ1) is 9.75. The molecule has 2 heteroatoms. The molecule has 12 heavy (non-hydrogen) atoms.